The van der Waals surface area contributed by atoms with Crippen LogP contribution in [0, 0.1) is 30.9 Å². The average Bonchev–Trinajstić information content (AvgIpc) is 2.81. The van der Waals surface area contributed by atoms with Crippen LogP contribution in [0.3, 0.4) is 0 Å². The lowest BCUT2D eigenvalue weighted by Gasteiger charge is -2.17. The lowest BCUT2D eigenvalue weighted by Crippen LogP contribution is -2.38. The molecule has 0 spiro atoms. The number of hydrogen-bond acceptors (Lipinski definition) is 5. The molecule has 1 heterocycles. The minimum Gasteiger partial charge on any atom is -0.491 e. The van der Waals surface area contributed by atoms with Crippen molar-refractivity contribution in [3.05, 3.63) is 50.8 Å². The van der Waals surface area contributed by atoms with Crippen molar-refractivity contribution in [2.45, 2.75) is 33.7 Å². The van der Waals surface area contributed by atoms with E-state index in [-0.39, 0.29) is 29.7 Å². The van der Waals surface area contributed by atoms with Gasteiger partial charge in [-0.1, -0.05) is 18.2 Å². The van der Waals surface area contributed by atoms with E-state index in [1.807, 2.05) is 32.0 Å². The van der Waals surface area contributed by atoms with Crippen molar-refractivity contribution >= 4 is 11.6 Å². The number of ether oxygens (including phenoxy) is 1. The van der Waals surface area contributed by atoms with Crippen molar-refractivity contribution in [2.75, 3.05) is 6.61 Å². The van der Waals surface area contributed by atoms with E-state index in [1.54, 1.807) is 6.92 Å². The molecular weight excluding hydrogens is 324 g/mol. The Bertz CT molecular complexity index is 793. The molecule has 0 fully saturated rings. The number of para-hydroxylation sites is 1. The standard InChI is InChI=1S/C17H22N4O4/c1-10-7-6-8-11(2)16(10)25-9-12(3)18-17(22)15-14(21(23)24)13(4)19-20(15)5/h6-8,12H,9H2,1-5H3,(H,18,22)/t12-/m1/s1. The van der Waals surface area contributed by atoms with E-state index in [0.717, 1.165) is 16.9 Å². The Morgan fingerprint density at radius 2 is 1.96 bits per heavy atom. The highest BCUT2D eigenvalue weighted by Gasteiger charge is 2.29. The molecular formula is C17H22N4O4. The van der Waals surface area contributed by atoms with Gasteiger partial charge in [0.15, 0.2) is 0 Å². The summed E-state index contributed by atoms with van der Waals surface area (Å²) in [6, 6.07) is 5.52. The summed E-state index contributed by atoms with van der Waals surface area (Å²) < 4.78 is 7.03. The van der Waals surface area contributed by atoms with Crippen LogP contribution in [-0.4, -0.2) is 33.3 Å². The second-order valence-corrected chi connectivity index (χ2v) is 6.07. The Kier molecular flexibility index (Phi) is 5.41. The summed E-state index contributed by atoms with van der Waals surface area (Å²) in [6.07, 6.45) is 0. The normalized spacial score (nSPS) is 11.9. The summed E-state index contributed by atoms with van der Waals surface area (Å²) in [7, 11) is 1.51. The average molecular weight is 346 g/mol. The smallest absolute Gasteiger partial charge is 0.322 e. The van der Waals surface area contributed by atoms with Crippen LogP contribution in [0.1, 0.15) is 34.2 Å². The van der Waals surface area contributed by atoms with Gasteiger partial charge in [-0.25, -0.2) is 0 Å². The number of rotatable bonds is 6. The van der Waals surface area contributed by atoms with Gasteiger partial charge < -0.3 is 10.1 Å². The summed E-state index contributed by atoms with van der Waals surface area (Å²) in [5, 5.41) is 17.9. The van der Waals surface area contributed by atoms with Crippen LogP contribution in [0.15, 0.2) is 18.2 Å². The zero-order valence-corrected chi connectivity index (χ0v) is 15.0. The molecule has 25 heavy (non-hydrogen) atoms. The first kappa shape index (κ1) is 18.4. The Labute approximate surface area is 145 Å². The molecule has 2 aromatic rings. The molecule has 0 aliphatic heterocycles. The number of nitrogens with one attached hydrogen (secondary N) is 1. The number of carbonyl (C=O) groups is 1. The van der Waals surface area contributed by atoms with Crippen molar-refractivity contribution in [3.8, 4) is 5.75 Å². The predicted octanol–water partition coefficient (Wildman–Crippen LogP) is 2.45. The molecule has 2 rings (SSSR count). The second kappa shape index (κ2) is 7.33. The van der Waals surface area contributed by atoms with Gasteiger partial charge in [0, 0.05) is 7.05 Å². The highest BCUT2D eigenvalue weighted by Crippen LogP contribution is 2.23. The van der Waals surface area contributed by atoms with E-state index in [9.17, 15) is 14.9 Å². The van der Waals surface area contributed by atoms with Crippen molar-refractivity contribution in [3.63, 3.8) is 0 Å². The third-order valence-corrected chi connectivity index (χ3v) is 3.85. The first-order chi connectivity index (χ1) is 11.7. The van der Waals surface area contributed by atoms with Gasteiger partial charge in [-0.15, -0.1) is 0 Å². The molecule has 0 saturated heterocycles. The highest BCUT2D eigenvalue weighted by atomic mass is 16.6. The highest BCUT2D eigenvalue weighted by molar-refractivity contribution is 5.97. The van der Waals surface area contributed by atoms with Crippen LogP contribution in [0.2, 0.25) is 0 Å². The molecule has 0 bridgehead atoms. The van der Waals surface area contributed by atoms with Crippen molar-refractivity contribution in [1.29, 1.82) is 0 Å². The van der Waals surface area contributed by atoms with Crippen LogP contribution in [-0.2, 0) is 7.05 Å². The molecule has 1 aromatic heterocycles. The molecule has 8 heteroatoms. The van der Waals surface area contributed by atoms with E-state index in [0.29, 0.717) is 0 Å². The summed E-state index contributed by atoms with van der Waals surface area (Å²) in [4.78, 5) is 23.0. The van der Waals surface area contributed by atoms with Gasteiger partial charge in [0.1, 0.15) is 18.1 Å². The quantitative estimate of drug-likeness (QED) is 0.640. The third-order valence-electron chi connectivity index (χ3n) is 3.85. The summed E-state index contributed by atoms with van der Waals surface area (Å²) in [5.41, 5.74) is 1.88. The fourth-order valence-electron chi connectivity index (χ4n) is 2.69. The third kappa shape index (κ3) is 3.96. The molecule has 0 radical (unpaired) electrons. The van der Waals surface area contributed by atoms with E-state index < -0.39 is 10.8 Å². The Morgan fingerprint density at radius 3 is 2.52 bits per heavy atom. The number of hydrogen-bond donors (Lipinski definition) is 1. The van der Waals surface area contributed by atoms with Gasteiger partial charge in [0.2, 0.25) is 5.69 Å². The van der Waals surface area contributed by atoms with Crippen molar-refractivity contribution < 1.29 is 14.5 Å². The molecule has 0 saturated carbocycles. The van der Waals surface area contributed by atoms with Crippen molar-refractivity contribution in [2.24, 2.45) is 7.05 Å². The first-order valence-corrected chi connectivity index (χ1v) is 7.90. The SMILES string of the molecule is Cc1cccc(C)c1OC[C@@H](C)NC(=O)c1c([N+](=O)[O-])c(C)nn1C. The molecule has 8 nitrogen and oxygen atoms in total. The van der Waals surface area contributed by atoms with Crippen LogP contribution in [0.5, 0.6) is 5.75 Å². The molecule has 0 aliphatic carbocycles. The number of aryl methyl sites for hydroxylation is 4. The van der Waals surface area contributed by atoms with Gasteiger partial charge in [-0.3, -0.25) is 19.6 Å². The van der Waals surface area contributed by atoms with E-state index >= 15 is 0 Å². The Morgan fingerprint density at radius 1 is 1.36 bits per heavy atom. The summed E-state index contributed by atoms with van der Waals surface area (Å²) >= 11 is 0. The lowest BCUT2D eigenvalue weighted by atomic mass is 10.1. The van der Waals surface area contributed by atoms with Gasteiger partial charge in [0.25, 0.3) is 5.91 Å². The Hall–Kier alpha value is -2.90. The minimum absolute atomic E-state index is 0.0681. The van der Waals surface area contributed by atoms with Crippen molar-refractivity contribution in [1.82, 2.24) is 15.1 Å². The second-order valence-electron chi connectivity index (χ2n) is 6.07. The fraction of sp³-hybridized carbons (Fsp3) is 0.412. The number of benzene rings is 1. The number of nitrogens with zero attached hydrogens (tertiary/aromatic N) is 3. The number of amides is 1. The largest absolute Gasteiger partial charge is 0.491 e. The van der Waals surface area contributed by atoms with Crippen LogP contribution >= 0.6 is 0 Å². The maximum atomic E-state index is 12.4. The molecule has 1 atom stereocenters. The molecule has 1 amide bonds. The molecule has 1 N–H and O–H groups in total. The predicted molar refractivity (Wildman–Crippen MR) is 92.9 cm³/mol. The Balaban J connectivity index is 2.08. The van der Waals surface area contributed by atoms with Gasteiger partial charge >= 0.3 is 5.69 Å². The van der Waals surface area contributed by atoms with Crippen LogP contribution in [0.4, 0.5) is 5.69 Å². The van der Waals surface area contributed by atoms with Gasteiger partial charge in [-0.05, 0) is 38.8 Å². The van der Waals surface area contributed by atoms with Crippen LogP contribution in [0.25, 0.3) is 0 Å². The fourth-order valence-corrected chi connectivity index (χ4v) is 2.69. The minimum atomic E-state index is -0.588. The van der Waals surface area contributed by atoms with Crippen LogP contribution < -0.4 is 10.1 Å². The topological polar surface area (TPSA) is 99.3 Å². The zero-order valence-electron chi connectivity index (χ0n) is 15.0. The number of nitro groups is 1. The summed E-state index contributed by atoms with van der Waals surface area (Å²) in [5.74, 6) is 0.235. The molecule has 134 valence electrons. The maximum absolute atomic E-state index is 12.4. The molecule has 0 unspecified atom stereocenters. The van der Waals surface area contributed by atoms with E-state index in [1.165, 1.54) is 18.7 Å². The van der Waals surface area contributed by atoms with Gasteiger partial charge in [-0.2, -0.15) is 5.10 Å². The monoisotopic (exact) mass is 346 g/mol. The summed E-state index contributed by atoms with van der Waals surface area (Å²) in [6.45, 7) is 7.44. The molecule has 0 aliphatic rings. The number of carbonyl (C=O) groups excluding carboxylic acids is 1. The van der Waals surface area contributed by atoms with Gasteiger partial charge in [0.05, 0.1) is 11.0 Å². The number of aromatic nitrogens is 2. The zero-order chi connectivity index (χ0) is 18.7. The maximum Gasteiger partial charge on any atom is 0.322 e. The van der Waals surface area contributed by atoms with E-state index in [2.05, 4.69) is 10.4 Å². The van der Waals surface area contributed by atoms with E-state index in [4.69, 9.17) is 4.74 Å². The lowest BCUT2D eigenvalue weighted by molar-refractivity contribution is -0.385. The molecule has 1 aromatic carbocycles. The first-order valence-electron chi connectivity index (χ1n) is 7.90.